The third kappa shape index (κ3) is 3.92. The van der Waals surface area contributed by atoms with Gasteiger partial charge in [0.15, 0.2) is 11.6 Å². The first-order chi connectivity index (χ1) is 13.6. The zero-order valence-electron chi connectivity index (χ0n) is 14.4. The Morgan fingerprint density at radius 1 is 0.964 bits per heavy atom. The minimum Gasteiger partial charge on any atom is -0.454 e. The summed E-state index contributed by atoms with van der Waals surface area (Å²) in [5.74, 6) is -0.529. The van der Waals surface area contributed by atoms with Crippen molar-refractivity contribution in [1.82, 2.24) is 9.97 Å². The maximum absolute atomic E-state index is 14.4. The van der Waals surface area contributed by atoms with Crippen molar-refractivity contribution in [2.24, 2.45) is 0 Å². The standard InChI is InChI=1S/C21H13ClFN3O2/c22-14-3-1-2-13(10-14)21(27)26-15-4-7-20(17(23)11-15)28-16-5-6-18-19(12-16)25-9-8-24-18/h1-12H,(H,26,27). The molecule has 0 spiro atoms. The highest BCUT2D eigenvalue weighted by Gasteiger charge is 2.11. The Bertz CT molecular complexity index is 1180. The molecule has 0 aliphatic rings. The van der Waals surface area contributed by atoms with Crippen LogP contribution in [0.3, 0.4) is 0 Å². The molecular weight excluding hydrogens is 381 g/mol. The molecule has 5 nitrogen and oxygen atoms in total. The largest absolute Gasteiger partial charge is 0.454 e. The van der Waals surface area contributed by atoms with Gasteiger partial charge in [-0.25, -0.2) is 4.39 Å². The lowest BCUT2D eigenvalue weighted by atomic mass is 10.2. The van der Waals surface area contributed by atoms with E-state index in [-0.39, 0.29) is 11.7 Å². The summed E-state index contributed by atoms with van der Waals surface area (Å²) < 4.78 is 20.0. The predicted molar refractivity (Wildman–Crippen MR) is 105 cm³/mol. The molecule has 0 atom stereocenters. The fraction of sp³-hybridized carbons (Fsp3) is 0. The molecule has 0 saturated heterocycles. The van der Waals surface area contributed by atoms with E-state index in [2.05, 4.69) is 15.3 Å². The van der Waals surface area contributed by atoms with Gasteiger partial charge in [0, 0.05) is 40.8 Å². The van der Waals surface area contributed by atoms with Crippen LogP contribution in [0.4, 0.5) is 10.1 Å². The Balaban J connectivity index is 1.51. The lowest BCUT2D eigenvalue weighted by Gasteiger charge is -2.10. The summed E-state index contributed by atoms with van der Waals surface area (Å²) in [4.78, 5) is 20.6. The molecule has 1 N–H and O–H groups in total. The number of ether oxygens (including phenoxy) is 1. The van der Waals surface area contributed by atoms with E-state index in [1.54, 1.807) is 54.9 Å². The van der Waals surface area contributed by atoms with Crippen LogP contribution >= 0.6 is 11.6 Å². The summed E-state index contributed by atoms with van der Waals surface area (Å²) in [6.45, 7) is 0. The van der Waals surface area contributed by atoms with Crippen LogP contribution in [-0.2, 0) is 0 Å². The Morgan fingerprint density at radius 3 is 2.57 bits per heavy atom. The highest BCUT2D eigenvalue weighted by atomic mass is 35.5. The number of amides is 1. The van der Waals surface area contributed by atoms with Crippen LogP contribution in [0, 0.1) is 5.82 Å². The third-order valence-electron chi connectivity index (χ3n) is 3.95. The molecule has 0 bridgehead atoms. The van der Waals surface area contributed by atoms with Gasteiger partial charge < -0.3 is 10.1 Å². The normalized spacial score (nSPS) is 10.6. The van der Waals surface area contributed by atoms with Crippen molar-refractivity contribution in [1.29, 1.82) is 0 Å². The van der Waals surface area contributed by atoms with Crippen molar-refractivity contribution in [3.05, 3.63) is 89.5 Å². The van der Waals surface area contributed by atoms with E-state index >= 15 is 0 Å². The van der Waals surface area contributed by atoms with E-state index in [0.717, 1.165) is 5.52 Å². The van der Waals surface area contributed by atoms with E-state index in [1.807, 2.05) is 0 Å². The molecule has 28 heavy (non-hydrogen) atoms. The maximum atomic E-state index is 14.4. The molecule has 138 valence electrons. The zero-order valence-corrected chi connectivity index (χ0v) is 15.2. The molecule has 1 amide bonds. The first-order valence-electron chi connectivity index (χ1n) is 8.33. The molecule has 0 unspecified atom stereocenters. The number of fused-ring (bicyclic) bond motifs is 1. The molecule has 7 heteroatoms. The van der Waals surface area contributed by atoms with Crippen LogP contribution in [0.25, 0.3) is 11.0 Å². The van der Waals surface area contributed by atoms with Gasteiger partial charge in [-0.15, -0.1) is 0 Å². The summed E-state index contributed by atoms with van der Waals surface area (Å²) in [5, 5.41) is 3.08. The molecule has 3 aromatic carbocycles. The minimum atomic E-state index is -0.608. The van der Waals surface area contributed by atoms with E-state index in [0.29, 0.717) is 27.5 Å². The quantitative estimate of drug-likeness (QED) is 0.499. The number of anilines is 1. The number of carbonyl (C=O) groups excluding carboxylic acids is 1. The lowest BCUT2D eigenvalue weighted by molar-refractivity contribution is 0.102. The van der Waals surface area contributed by atoms with Crippen LogP contribution in [-0.4, -0.2) is 15.9 Å². The van der Waals surface area contributed by atoms with Gasteiger partial charge in [0.25, 0.3) is 5.91 Å². The molecule has 4 aromatic rings. The smallest absolute Gasteiger partial charge is 0.255 e. The van der Waals surface area contributed by atoms with Crippen molar-refractivity contribution in [2.45, 2.75) is 0 Å². The topological polar surface area (TPSA) is 64.1 Å². The molecule has 1 aromatic heterocycles. The second-order valence-corrected chi connectivity index (χ2v) is 6.36. The van der Waals surface area contributed by atoms with Gasteiger partial charge in [0.05, 0.1) is 11.0 Å². The van der Waals surface area contributed by atoms with Crippen molar-refractivity contribution in [3.8, 4) is 11.5 Å². The SMILES string of the molecule is O=C(Nc1ccc(Oc2ccc3nccnc3c2)c(F)c1)c1cccc(Cl)c1. The molecule has 0 aliphatic carbocycles. The number of halogens is 2. The first-order valence-corrected chi connectivity index (χ1v) is 8.71. The Hall–Kier alpha value is -3.51. The van der Waals surface area contributed by atoms with Gasteiger partial charge in [0.2, 0.25) is 0 Å². The monoisotopic (exact) mass is 393 g/mol. The predicted octanol–water partition coefficient (Wildman–Crippen LogP) is 5.47. The summed E-state index contributed by atoms with van der Waals surface area (Å²) in [6.07, 6.45) is 3.17. The average Bonchev–Trinajstić information content (AvgIpc) is 2.70. The zero-order chi connectivity index (χ0) is 19.5. The summed E-state index contributed by atoms with van der Waals surface area (Å²) in [6, 6.07) is 15.8. The number of hydrogen-bond acceptors (Lipinski definition) is 4. The molecular formula is C21H13ClFN3O2. The van der Waals surface area contributed by atoms with E-state index < -0.39 is 5.82 Å². The van der Waals surface area contributed by atoms with Crippen molar-refractivity contribution >= 4 is 34.2 Å². The highest BCUT2D eigenvalue weighted by molar-refractivity contribution is 6.31. The molecule has 0 saturated carbocycles. The van der Waals surface area contributed by atoms with E-state index in [4.69, 9.17) is 16.3 Å². The van der Waals surface area contributed by atoms with Gasteiger partial charge in [-0.05, 0) is 42.5 Å². The second-order valence-electron chi connectivity index (χ2n) is 5.92. The van der Waals surface area contributed by atoms with Crippen LogP contribution in [0.5, 0.6) is 11.5 Å². The van der Waals surface area contributed by atoms with E-state index in [1.165, 1.54) is 18.2 Å². The number of benzene rings is 3. The van der Waals surface area contributed by atoms with Gasteiger partial charge in [-0.1, -0.05) is 17.7 Å². The maximum Gasteiger partial charge on any atom is 0.255 e. The molecule has 0 aliphatic heterocycles. The number of nitrogens with one attached hydrogen (secondary N) is 1. The van der Waals surface area contributed by atoms with Gasteiger partial charge in [0.1, 0.15) is 5.75 Å². The number of aromatic nitrogens is 2. The molecule has 4 rings (SSSR count). The van der Waals surface area contributed by atoms with Gasteiger partial charge in [-0.3, -0.25) is 14.8 Å². The van der Waals surface area contributed by atoms with Crippen molar-refractivity contribution < 1.29 is 13.9 Å². The lowest BCUT2D eigenvalue weighted by Crippen LogP contribution is -2.11. The highest BCUT2D eigenvalue weighted by Crippen LogP contribution is 2.28. The third-order valence-corrected chi connectivity index (χ3v) is 4.18. The average molecular weight is 394 g/mol. The van der Waals surface area contributed by atoms with Crippen LogP contribution in [0.1, 0.15) is 10.4 Å². The Morgan fingerprint density at radius 2 is 1.79 bits per heavy atom. The second kappa shape index (κ2) is 7.62. The first kappa shape index (κ1) is 17.9. The van der Waals surface area contributed by atoms with Crippen molar-refractivity contribution in [2.75, 3.05) is 5.32 Å². The number of nitrogens with zero attached hydrogens (tertiary/aromatic N) is 2. The van der Waals surface area contributed by atoms with Gasteiger partial charge in [-0.2, -0.15) is 0 Å². The summed E-state index contributed by atoms with van der Waals surface area (Å²) in [5.41, 5.74) is 2.05. The minimum absolute atomic E-state index is 0.0315. The van der Waals surface area contributed by atoms with Crippen molar-refractivity contribution in [3.63, 3.8) is 0 Å². The fourth-order valence-corrected chi connectivity index (χ4v) is 2.82. The number of carbonyl (C=O) groups is 1. The van der Waals surface area contributed by atoms with E-state index in [9.17, 15) is 9.18 Å². The summed E-state index contributed by atoms with van der Waals surface area (Å²) in [7, 11) is 0. The van der Waals surface area contributed by atoms with Crippen LogP contribution in [0.2, 0.25) is 5.02 Å². The number of hydrogen-bond donors (Lipinski definition) is 1. The molecule has 0 radical (unpaired) electrons. The van der Waals surface area contributed by atoms with Crippen LogP contribution in [0.15, 0.2) is 73.1 Å². The van der Waals surface area contributed by atoms with Crippen LogP contribution < -0.4 is 10.1 Å². The number of rotatable bonds is 4. The fourth-order valence-electron chi connectivity index (χ4n) is 2.63. The van der Waals surface area contributed by atoms with Gasteiger partial charge >= 0.3 is 0 Å². The Labute approximate surface area is 164 Å². The Kier molecular flexibility index (Phi) is 4.87. The molecule has 0 fully saturated rings. The molecule has 1 heterocycles. The summed E-state index contributed by atoms with van der Waals surface area (Å²) >= 11 is 5.89.